The largest absolute Gasteiger partial charge is 0.382 e. The molecule has 1 unspecified atom stereocenters. The number of hydrogen-bond acceptors (Lipinski definition) is 3. The summed E-state index contributed by atoms with van der Waals surface area (Å²) in [6, 6.07) is 8.59. The van der Waals surface area contributed by atoms with E-state index in [-0.39, 0.29) is 0 Å². The summed E-state index contributed by atoms with van der Waals surface area (Å²) in [6.45, 7) is 3.56. The van der Waals surface area contributed by atoms with Gasteiger partial charge in [-0.25, -0.2) is 0 Å². The Bertz CT molecular complexity index is 261. The van der Waals surface area contributed by atoms with Gasteiger partial charge in [-0.1, -0.05) is 44.2 Å². The van der Waals surface area contributed by atoms with Crippen molar-refractivity contribution in [3.63, 3.8) is 0 Å². The lowest BCUT2D eigenvalue weighted by atomic mass is 10.1. The van der Waals surface area contributed by atoms with E-state index in [1.165, 1.54) is 0 Å². The van der Waals surface area contributed by atoms with Crippen molar-refractivity contribution in [1.82, 2.24) is 0 Å². The Morgan fingerprint density at radius 1 is 1.36 bits per heavy atom. The summed E-state index contributed by atoms with van der Waals surface area (Å²) in [5.74, 6) is 0. The van der Waals surface area contributed by atoms with Gasteiger partial charge in [0.1, 0.15) is 6.10 Å². The van der Waals surface area contributed by atoms with Gasteiger partial charge in [-0.15, -0.1) is 0 Å². The van der Waals surface area contributed by atoms with Crippen molar-refractivity contribution in [2.24, 2.45) is 0 Å². The van der Waals surface area contributed by atoms with Crippen LogP contribution >= 0.6 is 0 Å². The Morgan fingerprint density at radius 3 is 2.29 bits per heavy atom. The van der Waals surface area contributed by atoms with E-state index in [0.29, 0.717) is 5.56 Å². The highest BCUT2D eigenvalue weighted by atomic mass is 16.6. The van der Waals surface area contributed by atoms with Gasteiger partial charge in [0.05, 0.1) is 0 Å². The van der Waals surface area contributed by atoms with Crippen LogP contribution in [0.4, 0.5) is 0 Å². The van der Waals surface area contributed by atoms with Crippen molar-refractivity contribution < 1.29 is 10.0 Å². The molecule has 0 radical (unpaired) electrons. The van der Waals surface area contributed by atoms with E-state index in [0.717, 1.165) is 0 Å². The number of nitro groups is 1. The van der Waals surface area contributed by atoms with E-state index in [1.807, 2.05) is 13.8 Å². The maximum Gasteiger partial charge on any atom is 0.233 e. The molecule has 0 heterocycles. The molecule has 1 aromatic rings. The molecule has 1 rings (SSSR count). The fourth-order valence-electron chi connectivity index (χ4n) is 0.922. The quantitative estimate of drug-likeness (QED) is 0.595. The molecule has 1 N–H and O–H groups in total. The van der Waals surface area contributed by atoms with Crippen LogP contribution in [0.25, 0.3) is 0 Å². The first-order valence-electron chi connectivity index (χ1n) is 4.55. The van der Waals surface area contributed by atoms with Gasteiger partial charge in [0, 0.05) is 4.92 Å². The number of rotatable bonds is 3. The number of benzene rings is 1. The first-order valence-corrected chi connectivity index (χ1v) is 4.55. The van der Waals surface area contributed by atoms with Gasteiger partial charge in [0.25, 0.3) is 0 Å². The van der Waals surface area contributed by atoms with Crippen molar-refractivity contribution in [2.75, 3.05) is 6.54 Å². The van der Waals surface area contributed by atoms with Crippen LogP contribution in [0, 0.1) is 10.1 Å². The normalized spacial score (nSPS) is 11.1. The van der Waals surface area contributed by atoms with Crippen LogP contribution in [0.5, 0.6) is 0 Å². The van der Waals surface area contributed by atoms with E-state index in [2.05, 4.69) is 0 Å². The van der Waals surface area contributed by atoms with Crippen LogP contribution in [0.2, 0.25) is 0 Å². The predicted octanol–water partition coefficient (Wildman–Crippen LogP) is 2.02. The van der Waals surface area contributed by atoms with Gasteiger partial charge in [-0.05, 0) is 5.56 Å². The van der Waals surface area contributed by atoms with Crippen LogP contribution in [0.3, 0.4) is 0 Å². The monoisotopic (exact) mass is 197 g/mol. The Morgan fingerprint density at radius 2 is 1.86 bits per heavy atom. The van der Waals surface area contributed by atoms with Gasteiger partial charge in [-0.2, -0.15) is 0 Å². The molecule has 0 bridgehead atoms. The lowest BCUT2D eigenvalue weighted by Gasteiger charge is -2.04. The van der Waals surface area contributed by atoms with Crippen LogP contribution in [0.15, 0.2) is 30.3 Å². The molecule has 14 heavy (non-hydrogen) atoms. The number of hydrogen-bond donors (Lipinski definition) is 1. The SMILES string of the molecule is CC.O=[N+]([O-])CC(O)c1ccccc1. The summed E-state index contributed by atoms with van der Waals surface area (Å²) in [4.78, 5) is 9.50. The molecule has 0 aliphatic carbocycles. The minimum absolute atomic E-state index is 0.440. The minimum atomic E-state index is -0.999. The molecule has 0 fully saturated rings. The molecule has 1 aromatic carbocycles. The van der Waals surface area contributed by atoms with Crippen molar-refractivity contribution in [2.45, 2.75) is 20.0 Å². The standard InChI is InChI=1S/C8H9NO3.C2H6/c10-8(6-9(11)12)7-4-2-1-3-5-7;1-2/h1-5,8,10H,6H2;1-2H3. The van der Waals surface area contributed by atoms with Crippen molar-refractivity contribution >= 4 is 0 Å². The third-order valence-electron chi connectivity index (χ3n) is 1.51. The van der Waals surface area contributed by atoms with E-state index in [9.17, 15) is 15.2 Å². The smallest absolute Gasteiger partial charge is 0.233 e. The highest BCUT2D eigenvalue weighted by Gasteiger charge is 2.12. The molecule has 0 aliphatic heterocycles. The van der Waals surface area contributed by atoms with Crippen LogP contribution in [0.1, 0.15) is 25.5 Å². The Kier molecular flexibility index (Phi) is 6.32. The molecule has 0 spiro atoms. The third-order valence-corrected chi connectivity index (χ3v) is 1.51. The van der Waals surface area contributed by atoms with Gasteiger partial charge >= 0.3 is 0 Å². The highest BCUT2D eigenvalue weighted by molar-refractivity contribution is 5.17. The number of aliphatic hydroxyl groups excluding tert-OH is 1. The van der Waals surface area contributed by atoms with Gasteiger partial charge in [0.15, 0.2) is 0 Å². The van der Waals surface area contributed by atoms with E-state index < -0.39 is 17.6 Å². The lowest BCUT2D eigenvalue weighted by molar-refractivity contribution is -0.491. The summed E-state index contributed by atoms with van der Waals surface area (Å²) in [7, 11) is 0. The molecule has 0 aromatic heterocycles. The summed E-state index contributed by atoms with van der Waals surface area (Å²) in [5, 5.41) is 19.3. The lowest BCUT2D eigenvalue weighted by Crippen LogP contribution is -2.11. The zero-order chi connectivity index (χ0) is 11.0. The first kappa shape index (κ1) is 12.6. The van der Waals surface area contributed by atoms with Crippen LogP contribution in [-0.4, -0.2) is 16.6 Å². The zero-order valence-corrected chi connectivity index (χ0v) is 8.38. The van der Waals surface area contributed by atoms with Gasteiger partial charge in [-0.3, -0.25) is 10.1 Å². The summed E-state index contributed by atoms with van der Waals surface area (Å²) in [6.07, 6.45) is -0.999. The molecular weight excluding hydrogens is 182 g/mol. The summed E-state index contributed by atoms with van der Waals surface area (Å²) in [5.41, 5.74) is 0.578. The summed E-state index contributed by atoms with van der Waals surface area (Å²) >= 11 is 0. The van der Waals surface area contributed by atoms with Gasteiger partial charge in [0.2, 0.25) is 6.54 Å². The minimum Gasteiger partial charge on any atom is -0.382 e. The topological polar surface area (TPSA) is 63.4 Å². The fourth-order valence-corrected chi connectivity index (χ4v) is 0.922. The van der Waals surface area contributed by atoms with E-state index in [1.54, 1.807) is 30.3 Å². The van der Waals surface area contributed by atoms with Crippen molar-refractivity contribution in [3.8, 4) is 0 Å². The molecule has 4 nitrogen and oxygen atoms in total. The van der Waals surface area contributed by atoms with Gasteiger partial charge < -0.3 is 5.11 Å². The maximum absolute atomic E-state index is 10.0. The molecule has 0 saturated carbocycles. The number of nitrogens with zero attached hydrogens (tertiary/aromatic N) is 1. The molecular formula is C10H15NO3. The Hall–Kier alpha value is -1.42. The first-order chi connectivity index (χ1) is 6.70. The third kappa shape index (κ3) is 4.57. The molecule has 0 aliphatic rings. The second-order valence-electron chi connectivity index (χ2n) is 2.44. The van der Waals surface area contributed by atoms with Crippen LogP contribution in [-0.2, 0) is 0 Å². The van der Waals surface area contributed by atoms with Crippen molar-refractivity contribution in [3.05, 3.63) is 46.0 Å². The van der Waals surface area contributed by atoms with Crippen LogP contribution < -0.4 is 0 Å². The zero-order valence-electron chi connectivity index (χ0n) is 8.38. The second kappa shape index (κ2) is 7.03. The average Bonchev–Trinajstić information content (AvgIpc) is 2.21. The summed E-state index contributed by atoms with van der Waals surface area (Å²) < 4.78 is 0. The molecule has 0 amide bonds. The predicted molar refractivity (Wildman–Crippen MR) is 54.6 cm³/mol. The maximum atomic E-state index is 10.0. The Balaban J connectivity index is 0.000000791. The van der Waals surface area contributed by atoms with E-state index >= 15 is 0 Å². The molecule has 4 heteroatoms. The molecule has 78 valence electrons. The fraction of sp³-hybridized carbons (Fsp3) is 0.400. The molecule has 0 saturated heterocycles. The molecule has 1 atom stereocenters. The average molecular weight is 197 g/mol. The highest BCUT2D eigenvalue weighted by Crippen LogP contribution is 2.11. The second-order valence-corrected chi connectivity index (χ2v) is 2.44. The van der Waals surface area contributed by atoms with Crippen molar-refractivity contribution in [1.29, 1.82) is 0 Å². The van der Waals surface area contributed by atoms with E-state index in [4.69, 9.17) is 0 Å². The number of aliphatic hydroxyl groups is 1. The Labute approximate surface area is 83.3 Å².